The lowest BCUT2D eigenvalue weighted by Gasteiger charge is -2.22. The van der Waals surface area contributed by atoms with Gasteiger partial charge in [0.1, 0.15) is 5.75 Å². The van der Waals surface area contributed by atoms with E-state index in [1.54, 1.807) is 0 Å². The van der Waals surface area contributed by atoms with Crippen molar-refractivity contribution >= 4 is 5.69 Å². The van der Waals surface area contributed by atoms with Gasteiger partial charge in [0, 0.05) is 13.6 Å². The molecule has 0 saturated carbocycles. The molecule has 0 saturated heterocycles. The van der Waals surface area contributed by atoms with E-state index in [1.807, 2.05) is 48.5 Å². The second-order valence-electron chi connectivity index (χ2n) is 4.45. The molecule has 0 fully saturated rings. The van der Waals surface area contributed by atoms with Crippen LogP contribution in [0.3, 0.4) is 0 Å². The highest BCUT2D eigenvalue weighted by Gasteiger charge is 2.08. The number of benzene rings is 2. The highest BCUT2D eigenvalue weighted by atomic mass is 16.5. The van der Waals surface area contributed by atoms with Crippen LogP contribution in [0.15, 0.2) is 54.6 Å². The van der Waals surface area contributed by atoms with Crippen molar-refractivity contribution in [3.63, 3.8) is 0 Å². The fraction of sp³-hybridized carbons (Fsp3) is 0.250. The molecule has 2 rings (SSSR count). The van der Waals surface area contributed by atoms with Gasteiger partial charge in [-0.3, -0.25) is 0 Å². The number of hydrogen-bond acceptors (Lipinski definition) is 3. The minimum Gasteiger partial charge on any atom is -0.455 e. The lowest BCUT2D eigenvalue weighted by atomic mass is 10.2. The number of ether oxygens (including phenoxy) is 1. The number of anilines is 1. The molecule has 0 unspecified atom stereocenters. The average molecular weight is 256 g/mol. The Morgan fingerprint density at radius 3 is 2.42 bits per heavy atom. The molecule has 0 bridgehead atoms. The van der Waals surface area contributed by atoms with Crippen LogP contribution in [0.1, 0.15) is 6.42 Å². The molecule has 19 heavy (non-hydrogen) atoms. The van der Waals surface area contributed by atoms with Crippen LogP contribution >= 0.6 is 0 Å². The molecule has 0 aliphatic carbocycles. The zero-order valence-electron chi connectivity index (χ0n) is 11.3. The summed E-state index contributed by atoms with van der Waals surface area (Å²) in [5.74, 6) is 1.72. The molecule has 3 nitrogen and oxygen atoms in total. The molecule has 0 atom stereocenters. The minimum absolute atomic E-state index is 0.700. The van der Waals surface area contributed by atoms with Crippen molar-refractivity contribution in [3.05, 3.63) is 54.6 Å². The van der Waals surface area contributed by atoms with Crippen molar-refractivity contribution < 1.29 is 4.74 Å². The molecular weight excluding hydrogens is 236 g/mol. The summed E-state index contributed by atoms with van der Waals surface area (Å²) in [6.45, 7) is 1.62. The van der Waals surface area contributed by atoms with Gasteiger partial charge in [0.2, 0.25) is 0 Å². The first-order valence-corrected chi connectivity index (χ1v) is 6.54. The second kappa shape index (κ2) is 6.81. The van der Waals surface area contributed by atoms with E-state index in [1.165, 1.54) is 0 Å². The molecule has 0 amide bonds. The lowest BCUT2D eigenvalue weighted by molar-refractivity contribution is 0.482. The summed E-state index contributed by atoms with van der Waals surface area (Å²) in [6, 6.07) is 17.9. The maximum atomic E-state index is 5.94. The van der Waals surface area contributed by atoms with E-state index in [9.17, 15) is 0 Å². The maximum Gasteiger partial charge on any atom is 0.150 e. The van der Waals surface area contributed by atoms with Gasteiger partial charge >= 0.3 is 0 Å². The Morgan fingerprint density at radius 1 is 1.00 bits per heavy atom. The van der Waals surface area contributed by atoms with Crippen LogP contribution in [0.25, 0.3) is 0 Å². The van der Waals surface area contributed by atoms with E-state index >= 15 is 0 Å². The third kappa shape index (κ3) is 3.73. The molecule has 0 aliphatic rings. The molecule has 0 aliphatic heterocycles. The van der Waals surface area contributed by atoms with Crippen LogP contribution in [-0.2, 0) is 0 Å². The van der Waals surface area contributed by atoms with Gasteiger partial charge in [-0.05, 0) is 37.2 Å². The molecule has 2 aromatic rings. The quantitative estimate of drug-likeness (QED) is 0.862. The normalized spacial score (nSPS) is 10.2. The fourth-order valence-corrected chi connectivity index (χ4v) is 1.92. The van der Waals surface area contributed by atoms with Gasteiger partial charge in [-0.2, -0.15) is 0 Å². The standard InChI is InChI=1S/C16H20N2O/c1-18(13-7-12-17)15-10-5-6-11-16(15)19-14-8-3-2-4-9-14/h2-6,8-11H,7,12-13,17H2,1H3. The van der Waals surface area contributed by atoms with Crippen molar-refractivity contribution in [3.8, 4) is 11.5 Å². The van der Waals surface area contributed by atoms with E-state index in [0.717, 1.165) is 30.2 Å². The Labute approximate surface area is 114 Å². The molecule has 100 valence electrons. The first-order chi connectivity index (χ1) is 9.31. The molecule has 0 aromatic heterocycles. The van der Waals surface area contributed by atoms with Crippen LogP contribution < -0.4 is 15.4 Å². The lowest BCUT2D eigenvalue weighted by Crippen LogP contribution is -2.21. The molecule has 3 heteroatoms. The summed E-state index contributed by atoms with van der Waals surface area (Å²) in [7, 11) is 2.06. The Kier molecular flexibility index (Phi) is 4.81. The highest BCUT2D eigenvalue weighted by Crippen LogP contribution is 2.31. The van der Waals surface area contributed by atoms with Gasteiger partial charge in [-0.25, -0.2) is 0 Å². The minimum atomic E-state index is 0.700. The zero-order valence-corrected chi connectivity index (χ0v) is 11.3. The fourth-order valence-electron chi connectivity index (χ4n) is 1.92. The molecule has 2 N–H and O–H groups in total. The smallest absolute Gasteiger partial charge is 0.150 e. The number of para-hydroxylation sites is 3. The molecule has 0 spiro atoms. The summed E-state index contributed by atoms with van der Waals surface area (Å²) in [4.78, 5) is 2.17. The van der Waals surface area contributed by atoms with Crippen molar-refractivity contribution in [2.24, 2.45) is 5.73 Å². The van der Waals surface area contributed by atoms with Crippen LogP contribution in [0, 0.1) is 0 Å². The Bertz CT molecular complexity index is 499. The Morgan fingerprint density at radius 2 is 1.68 bits per heavy atom. The van der Waals surface area contributed by atoms with E-state index < -0.39 is 0 Å². The third-order valence-electron chi connectivity index (χ3n) is 2.95. The van der Waals surface area contributed by atoms with Gasteiger partial charge in [-0.1, -0.05) is 30.3 Å². The summed E-state index contributed by atoms with van der Waals surface area (Å²) >= 11 is 0. The largest absolute Gasteiger partial charge is 0.455 e. The van der Waals surface area contributed by atoms with E-state index in [4.69, 9.17) is 10.5 Å². The van der Waals surface area contributed by atoms with Crippen LogP contribution in [0.4, 0.5) is 5.69 Å². The van der Waals surface area contributed by atoms with Gasteiger partial charge in [0.15, 0.2) is 5.75 Å². The molecule has 2 aromatic carbocycles. The van der Waals surface area contributed by atoms with Crippen molar-refractivity contribution in [2.45, 2.75) is 6.42 Å². The predicted molar refractivity (Wildman–Crippen MR) is 79.9 cm³/mol. The van der Waals surface area contributed by atoms with Gasteiger partial charge in [-0.15, -0.1) is 0 Å². The van der Waals surface area contributed by atoms with Gasteiger partial charge in [0.25, 0.3) is 0 Å². The van der Waals surface area contributed by atoms with Crippen LogP contribution in [0.2, 0.25) is 0 Å². The molecule has 0 radical (unpaired) electrons. The van der Waals surface area contributed by atoms with Crippen LogP contribution in [0.5, 0.6) is 11.5 Å². The van der Waals surface area contributed by atoms with E-state index in [-0.39, 0.29) is 0 Å². The monoisotopic (exact) mass is 256 g/mol. The second-order valence-corrected chi connectivity index (χ2v) is 4.45. The van der Waals surface area contributed by atoms with Gasteiger partial charge in [0.05, 0.1) is 5.69 Å². The number of nitrogens with two attached hydrogens (primary N) is 1. The zero-order chi connectivity index (χ0) is 13.5. The summed E-state index contributed by atoms with van der Waals surface area (Å²) < 4.78 is 5.94. The van der Waals surface area contributed by atoms with Gasteiger partial charge < -0.3 is 15.4 Å². The first kappa shape index (κ1) is 13.4. The summed E-state index contributed by atoms with van der Waals surface area (Å²) in [6.07, 6.45) is 0.968. The Hall–Kier alpha value is -2.00. The van der Waals surface area contributed by atoms with E-state index in [2.05, 4.69) is 18.0 Å². The van der Waals surface area contributed by atoms with Crippen molar-refractivity contribution in [2.75, 3.05) is 25.0 Å². The topological polar surface area (TPSA) is 38.5 Å². The average Bonchev–Trinajstić information content (AvgIpc) is 2.46. The number of nitrogens with zero attached hydrogens (tertiary/aromatic N) is 1. The number of hydrogen-bond donors (Lipinski definition) is 1. The Balaban J connectivity index is 2.16. The van der Waals surface area contributed by atoms with Crippen LogP contribution in [-0.4, -0.2) is 20.1 Å². The van der Waals surface area contributed by atoms with E-state index in [0.29, 0.717) is 6.54 Å². The first-order valence-electron chi connectivity index (χ1n) is 6.54. The molecular formula is C16H20N2O. The highest BCUT2D eigenvalue weighted by molar-refractivity contribution is 5.59. The predicted octanol–water partition coefficient (Wildman–Crippen LogP) is 3.26. The van der Waals surface area contributed by atoms with Crippen molar-refractivity contribution in [1.82, 2.24) is 0 Å². The third-order valence-corrected chi connectivity index (χ3v) is 2.95. The summed E-state index contributed by atoms with van der Waals surface area (Å²) in [5.41, 5.74) is 6.64. The SMILES string of the molecule is CN(CCCN)c1ccccc1Oc1ccccc1. The summed E-state index contributed by atoms with van der Waals surface area (Å²) in [5, 5.41) is 0. The number of rotatable bonds is 6. The van der Waals surface area contributed by atoms with Crippen molar-refractivity contribution in [1.29, 1.82) is 0 Å². The maximum absolute atomic E-state index is 5.94. The molecule has 0 heterocycles.